The largest absolute Gasteiger partial charge is 0.316 e. The third-order valence-electron chi connectivity index (χ3n) is 3.65. The summed E-state index contributed by atoms with van der Waals surface area (Å²) in [4.78, 5) is 0. The first-order valence-corrected chi connectivity index (χ1v) is 9.36. The Bertz CT molecular complexity index is 505. The van der Waals surface area contributed by atoms with Crippen molar-refractivity contribution in [1.29, 1.82) is 0 Å². The normalized spacial score (nSPS) is 12.8. The topological polar surface area (TPSA) is 12.0 Å². The number of halogens is 1. The maximum atomic E-state index is 3.62. The molecule has 0 aliphatic heterocycles. The molecule has 2 rings (SSSR count). The second-order valence-electron chi connectivity index (χ2n) is 5.97. The van der Waals surface area contributed by atoms with Gasteiger partial charge in [0.25, 0.3) is 0 Å². The van der Waals surface area contributed by atoms with Crippen LogP contribution in [-0.4, -0.2) is 13.1 Å². The van der Waals surface area contributed by atoms with Gasteiger partial charge in [-0.1, -0.05) is 41.9 Å². The van der Waals surface area contributed by atoms with Crippen molar-refractivity contribution < 1.29 is 0 Å². The van der Waals surface area contributed by atoms with E-state index in [4.69, 9.17) is 0 Å². The second-order valence-corrected chi connectivity index (χ2v) is 7.67. The van der Waals surface area contributed by atoms with Crippen molar-refractivity contribution in [3.05, 3.63) is 56.7 Å². The van der Waals surface area contributed by atoms with Crippen LogP contribution in [0.25, 0.3) is 0 Å². The molecule has 1 aromatic carbocycles. The van der Waals surface area contributed by atoms with E-state index in [2.05, 4.69) is 76.2 Å². The van der Waals surface area contributed by atoms with Crippen molar-refractivity contribution in [3.8, 4) is 0 Å². The lowest BCUT2D eigenvalue weighted by molar-refractivity contribution is 0.500. The molecule has 0 aliphatic rings. The zero-order valence-electron chi connectivity index (χ0n) is 12.8. The van der Waals surface area contributed by atoms with Crippen molar-refractivity contribution in [2.24, 2.45) is 5.92 Å². The molecule has 0 saturated carbocycles. The summed E-state index contributed by atoms with van der Waals surface area (Å²) < 4.78 is 1.15. The number of hydrogen-bond acceptors (Lipinski definition) is 2. The summed E-state index contributed by atoms with van der Waals surface area (Å²) in [6, 6.07) is 11.0. The molecule has 3 heteroatoms. The van der Waals surface area contributed by atoms with Gasteiger partial charge >= 0.3 is 0 Å². The van der Waals surface area contributed by atoms with Gasteiger partial charge in [-0.05, 0) is 71.3 Å². The van der Waals surface area contributed by atoms with Crippen molar-refractivity contribution >= 4 is 27.3 Å². The Labute approximate surface area is 140 Å². The fourth-order valence-corrected chi connectivity index (χ4v) is 3.41. The zero-order valence-corrected chi connectivity index (χ0v) is 15.2. The molecule has 1 unspecified atom stereocenters. The van der Waals surface area contributed by atoms with Crippen LogP contribution in [0.3, 0.4) is 0 Å². The highest BCUT2D eigenvalue weighted by Crippen LogP contribution is 2.24. The van der Waals surface area contributed by atoms with Crippen molar-refractivity contribution in [2.75, 3.05) is 13.1 Å². The number of rotatable bonds is 8. The first-order chi connectivity index (χ1) is 10.1. The van der Waals surface area contributed by atoms with Crippen molar-refractivity contribution in [1.82, 2.24) is 5.32 Å². The summed E-state index contributed by atoms with van der Waals surface area (Å²) in [6.45, 7) is 6.66. The van der Waals surface area contributed by atoms with Crippen LogP contribution in [0.5, 0.6) is 0 Å². The maximum Gasteiger partial charge on any atom is 0.0175 e. The molecule has 0 radical (unpaired) electrons. The zero-order chi connectivity index (χ0) is 15.1. The van der Waals surface area contributed by atoms with E-state index in [9.17, 15) is 0 Å². The van der Waals surface area contributed by atoms with E-state index in [1.54, 1.807) is 11.3 Å². The number of thiophene rings is 1. The fourth-order valence-electron chi connectivity index (χ4n) is 2.44. The SMILES string of the molecule is CC(C)CNCC(CCc1ccsc1)c1ccc(Br)cc1. The Morgan fingerprint density at radius 2 is 1.86 bits per heavy atom. The van der Waals surface area contributed by atoms with E-state index in [1.165, 1.54) is 17.5 Å². The number of benzene rings is 1. The van der Waals surface area contributed by atoms with E-state index in [1.807, 2.05) is 0 Å². The average Bonchev–Trinajstić information content (AvgIpc) is 2.96. The minimum absolute atomic E-state index is 0.580. The number of aryl methyl sites for hydroxylation is 1. The monoisotopic (exact) mass is 365 g/mol. The lowest BCUT2D eigenvalue weighted by Gasteiger charge is -2.19. The molecule has 1 atom stereocenters. The molecule has 0 saturated heterocycles. The Morgan fingerprint density at radius 3 is 2.48 bits per heavy atom. The third-order valence-corrected chi connectivity index (χ3v) is 4.91. The summed E-state index contributed by atoms with van der Waals surface area (Å²) in [5, 5.41) is 8.05. The van der Waals surface area contributed by atoms with Crippen LogP contribution in [0.4, 0.5) is 0 Å². The van der Waals surface area contributed by atoms with Gasteiger partial charge in [0, 0.05) is 11.0 Å². The van der Waals surface area contributed by atoms with E-state index >= 15 is 0 Å². The second kappa shape index (κ2) is 8.72. The van der Waals surface area contributed by atoms with Gasteiger partial charge in [-0.3, -0.25) is 0 Å². The molecule has 1 heterocycles. The molecule has 0 spiro atoms. The van der Waals surface area contributed by atoms with E-state index in [0.717, 1.165) is 24.0 Å². The van der Waals surface area contributed by atoms with E-state index in [-0.39, 0.29) is 0 Å². The average molecular weight is 366 g/mol. The lowest BCUT2D eigenvalue weighted by atomic mass is 9.92. The van der Waals surface area contributed by atoms with Crippen LogP contribution in [-0.2, 0) is 6.42 Å². The molecule has 1 N–H and O–H groups in total. The van der Waals surface area contributed by atoms with E-state index in [0.29, 0.717) is 11.8 Å². The Hall–Kier alpha value is -0.640. The molecule has 0 bridgehead atoms. The molecule has 1 nitrogen and oxygen atoms in total. The predicted octanol–water partition coefficient (Wildman–Crippen LogP) is 5.47. The minimum atomic E-state index is 0.580. The van der Waals surface area contributed by atoms with Crippen LogP contribution in [0, 0.1) is 5.92 Å². The summed E-state index contributed by atoms with van der Waals surface area (Å²) in [5.74, 6) is 1.28. The van der Waals surface area contributed by atoms with Gasteiger partial charge in [0.1, 0.15) is 0 Å². The van der Waals surface area contributed by atoms with Gasteiger partial charge < -0.3 is 5.32 Å². The van der Waals surface area contributed by atoms with Gasteiger partial charge in [-0.15, -0.1) is 0 Å². The Morgan fingerprint density at radius 1 is 1.10 bits per heavy atom. The Kier molecular flexibility index (Phi) is 6.94. The Balaban J connectivity index is 1.97. The molecule has 0 amide bonds. The molecular formula is C18H24BrNS. The van der Waals surface area contributed by atoms with Crippen LogP contribution >= 0.6 is 27.3 Å². The van der Waals surface area contributed by atoms with Crippen LogP contribution < -0.4 is 5.32 Å². The molecule has 0 aliphatic carbocycles. The van der Waals surface area contributed by atoms with Crippen LogP contribution in [0.1, 0.15) is 37.3 Å². The van der Waals surface area contributed by atoms with Gasteiger partial charge in [-0.25, -0.2) is 0 Å². The smallest absolute Gasteiger partial charge is 0.0175 e. The molecule has 1 aromatic heterocycles. The molecule has 21 heavy (non-hydrogen) atoms. The van der Waals surface area contributed by atoms with Crippen LogP contribution in [0.2, 0.25) is 0 Å². The quantitative estimate of drug-likeness (QED) is 0.653. The third kappa shape index (κ3) is 5.93. The lowest BCUT2D eigenvalue weighted by Crippen LogP contribution is -2.25. The highest BCUT2D eigenvalue weighted by Gasteiger charge is 2.12. The molecular weight excluding hydrogens is 342 g/mol. The molecule has 0 fully saturated rings. The fraction of sp³-hybridized carbons (Fsp3) is 0.444. The van der Waals surface area contributed by atoms with Crippen molar-refractivity contribution in [2.45, 2.75) is 32.6 Å². The first kappa shape index (κ1) is 16.7. The highest BCUT2D eigenvalue weighted by molar-refractivity contribution is 9.10. The summed E-state index contributed by atoms with van der Waals surface area (Å²) in [7, 11) is 0. The summed E-state index contributed by atoms with van der Waals surface area (Å²) in [5.41, 5.74) is 2.90. The summed E-state index contributed by atoms with van der Waals surface area (Å²) in [6.07, 6.45) is 2.36. The summed E-state index contributed by atoms with van der Waals surface area (Å²) >= 11 is 5.31. The van der Waals surface area contributed by atoms with Gasteiger partial charge in [0.15, 0.2) is 0 Å². The minimum Gasteiger partial charge on any atom is -0.316 e. The van der Waals surface area contributed by atoms with E-state index < -0.39 is 0 Å². The van der Waals surface area contributed by atoms with Crippen molar-refractivity contribution in [3.63, 3.8) is 0 Å². The molecule has 2 aromatic rings. The van der Waals surface area contributed by atoms with Gasteiger partial charge in [-0.2, -0.15) is 11.3 Å². The van der Waals surface area contributed by atoms with Gasteiger partial charge in [0.2, 0.25) is 0 Å². The predicted molar refractivity (Wildman–Crippen MR) is 97.2 cm³/mol. The standard InChI is InChI=1S/C18H24BrNS/c1-14(2)11-20-12-17(4-3-15-9-10-21-13-15)16-5-7-18(19)8-6-16/h5-10,13-14,17,20H,3-4,11-12H2,1-2H3. The first-order valence-electron chi connectivity index (χ1n) is 7.62. The van der Waals surface area contributed by atoms with Gasteiger partial charge in [0.05, 0.1) is 0 Å². The highest BCUT2D eigenvalue weighted by atomic mass is 79.9. The number of hydrogen-bond donors (Lipinski definition) is 1. The number of nitrogens with one attached hydrogen (secondary N) is 1. The molecule has 114 valence electrons. The van der Waals surface area contributed by atoms with Crippen LogP contribution in [0.15, 0.2) is 45.6 Å². The maximum absolute atomic E-state index is 3.62.